The van der Waals surface area contributed by atoms with Gasteiger partial charge >= 0.3 is 0 Å². The van der Waals surface area contributed by atoms with Crippen LogP contribution in [0.5, 0.6) is 0 Å². The number of rotatable bonds is 7. The van der Waals surface area contributed by atoms with Gasteiger partial charge in [-0.1, -0.05) is 26.7 Å². The Labute approximate surface area is 101 Å². The van der Waals surface area contributed by atoms with Crippen molar-refractivity contribution in [3.8, 4) is 0 Å². The molecule has 1 saturated heterocycles. The average molecular weight is 227 g/mol. The Morgan fingerprint density at radius 3 is 2.19 bits per heavy atom. The van der Waals surface area contributed by atoms with Crippen LogP contribution in [0.4, 0.5) is 0 Å². The number of nitrogens with zero attached hydrogens (tertiary/aromatic N) is 2. The van der Waals surface area contributed by atoms with E-state index in [4.69, 9.17) is 5.73 Å². The molecule has 1 atom stereocenters. The van der Waals surface area contributed by atoms with E-state index in [0.717, 1.165) is 6.54 Å². The minimum atomic E-state index is 0.387. The first-order chi connectivity index (χ1) is 7.76. The number of hydrogen-bond acceptors (Lipinski definition) is 3. The molecule has 16 heavy (non-hydrogen) atoms. The minimum Gasteiger partial charge on any atom is -0.327 e. The molecule has 1 fully saturated rings. The van der Waals surface area contributed by atoms with E-state index in [1.165, 1.54) is 58.4 Å². The summed E-state index contributed by atoms with van der Waals surface area (Å²) in [5.74, 6) is 0. The Morgan fingerprint density at radius 2 is 1.62 bits per heavy atom. The first kappa shape index (κ1) is 13.9. The van der Waals surface area contributed by atoms with Gasteiger partial charge in [-0.2, -0.15) is 0 Å². The van der Waals surface area contributed by atoms with Crippen molar-refractivity contribution >= 4 is 0 Å². The Kier molecular flexibility index (Phi) is 7.01. The lowest BCUT2D eigenvalue weighted by molar-refractivity contribution is 0.126. The van der Waals surface area contributed by atoms with Crippen LogP contribution in [0.3, 0.4) is 0 Å². The standard InChI is InChI=1S/C13H29N3/c1-3-5-6-13(14)12-16-10-8-15(7-4-2)9-11-16/h13H,3-12,14H2,1-2H3. The molecule has 0 aromatic heterocycles. The van der Waals surface area contributed by atoms with Crippen molar-refractivity contribution in [3.63, 3.8) is 0 Å². The Balaban J connectivity index is 2.11. The van der Waals surface area contributed by atoms with Gasteiger partial charge in [0.2, 0.25) is 0 Å². The normalized spacial score (nSPS) is 21.2. The van der Waals surface area contributed by atoms with E-state index in [2.05, 4.69) is 23.6 Å². The van der Waals surface area contributed by atoms with Crippen molar-refractivity contribution in [1.29, 1.82) is 0 Å². The number of hydrogen-bond donors (Lipinski definition) is 1. The van der Waals surface area contributed by atoms with Gasteiger partial charge in [0, 0.05) is 38.8 Å². The van der Waals surface area contributed by atoms with Crippen LogP contribution in [0, 0.1) is 0 Å². The van der Waals surface area contributed by atoms with Gasteiger partial charge in [0.15, 0.2) is 0 Å². The van der Waals surface area contributed by atoms with Crippen LogP contribution in [0.25, 0.3) is 0 Å². The number of piperazine rings is 1. The molecule has 96 valence electrons. The van der Waals surface area contributed by atoms with E-state index in [0.29, 0.717) is 6.04 Å². The molecule has 2 N–H and O–H groups in total. The number of unbranched alkanes of at least 4 members (excludes halogenated alkanes) is 1. The fourth-order valence-electron chi connectivity index (χ4n) is 2.40. The van der Waals surface area contributed by atoms with E-state index in [9.17, 15) is 0 Å². The smallest absolute Gasteiger partial charge is 0.0167 e. The van der Waals surface area contributed by atoms with Gasteiger partial charge in [-0.25, -0.2) is 0 Å². The van der Waals surface area contributed by atoms with Crippen LogP contribution in [-0.4, -0.2) is 55.1 Å². The predicted octanol–water partition coefficient (Wildman–Crippen LogP) is 1.53. The number of nitrogens with two attached hydrogens (primary N) is 1. The summed E-state index contributed by atoms with van der Waals surface area (Å²) in [6.07, 6.45) is 5.00. The largest absolute Gasteiger partial charge is 0.327 e. The molecule has 1 aliphatic rings. The molecule has 3 heteroatoms. The molecule has 1 heterocycles. The molecule has 1 rings (SSSR count). The van der Waals surface area contributed by atoms with Gasteiger partial charge < -0.3 is 10.6 Å². The first-order valence-corrected chi connectivity index (χ1v) is 6.96. The summed E-state index contributed by atoms with van der Waals surface area (Å²) >= 11 is 0. The highest BCUT2D eigenvalue weighted by Crippen LogP contribution is 2.05. The molecular weight excluding hydrogens is 198 g/mol. The summed E-state index contributed by atoms with van der Waals surface area (Å²) in [5.41, 5.74) is 6.13. The van der Waals surface area contributed by atoms with Gasteiger partial charge in [0.05, 0.1) is 0 Å². The third-order valence-corrected chi connectivity index (χ3v) is 3.43. The van der Waals surface area contributed by atoms with Gasteiger partial charge in [-0.3, -0.25) is 4.90 Å². The van der Waals surface area contributed by atoms with Crippen molar-refractivity contribution in [2.75, 3.05) is 39.3 Å². The first-order valence-electron chi connectivity index (χ1n) is 6.96. The molecule has 0 radical (unpaired) electrons. The maximum Gasteiger partial charge on any atom is 0.0167 e. The molecule has 3 nitrogen and oxygen atoms in total. The van der Waals surface area contributed by atoms with Crippen LogP contribution >= 0.6 is 0 Å². The highest BCUT2D eigenvalue weighted by Gasteiger charge is 2.17. The topological polar surface area (TPSA) is 32.5 Å². The van der Waals surface area contributed by atoms with Crippen LogP contribution in [-0.2, 0) is 0 Å². The third kappa shape index (κ3) is 5.28. The van der Waals surface area contributed by atoms with Crippen molar-refractivity contribution in [3.05, 3.63) is 0 Å². The SMILES string of the molecule is CCCCC(N)CN1CCN(CCC)CC1. The molecule has 0 aromatic rings. The highest BCUT2D eigenvalue weighted by atomic mass is 15.3. The van der Waals surface area contributed by atoms with Crippen LogP contribution in [0.2, 0.25) is 0 Å². The molecule has 0 amide bonds. The lowest BCUT2D eigenvalue weighted by Gasteiger charge is -2.35. The zero-order valence-electron chi connectivity index (χ0n) is 11.1. The van der Waals surface area contributed by atoms with Crippen LogP contribution in [0.1, 0.15) is 39.5 Å². The van der Waals surface area contributed by atoms with Gasteiger partial charge in [-0.15, -0.1) is 0 Å². The fourth-order valence-corrected chi connectivity index (χ4v) is 2.40. The van der Waals surface area contributed by atoms with E-state index in [1.807, 2.05) is 0 Å². The van der Waals surface area contributed by atoms with Crippen molar-refractivity contribution in [2.24, 2.45) is 5.73 Å². The minimum absolute atomic E-state index is 0.387. The molecule has 0 saturated carbocycles. The summed E-state index contributed by atoms with van der Waals surface area (Å²) in [4.78, 5) is 5.10. The Hall–Kier alpha value is -0.120. The highest BCUT2D eigenvalue weighted by molar-refractivity contribution is 4.75. The molecule has 0 aromatic carbocycles. The molecular formula is C13H29N3. The summed E-state index contributed by atoms with van der Waals surface area (Å²) in [5, 5.41) is 0. The maximum absolute atomic E-state index is 6.13. The van der Waals surface area contributed by atoms with Crippen LogP contribution < -0.4 is 5.73 Å². The molecule has 0 aliphatic carbocycles. The summed E-state index contributed by atoms with van der Waals surface area (Å²) < 4.78 is 0. The quantitative estimate of drug-likeness (QED) is 0.716. The Bertz CT molecular complexity index is 165. The van der Waals surface area contributed by atoms with E-state index in [-0.39, 0.29) is 0 Å². The monoisotopic (exact) mass is 227 g/mol. The predicted molar refractivity (Wildman–Crippen MR) is 70.7 cm³/mol. The zero-order chi connectivity index (χ0) is 11.8. The maximum atomic E-state index is 6.13. The lowest BCUT2D eigenvalue weighted by Crippen LogP contribution is -2.49. The molecule has 1 aliphatic heterocycles. The molecule has 0 spiro atoms. The molecule has 1 unspecified atom stereocenters. The average Bonchev–Trinajstić information content (AvgIpc) is 2.29. The second kappa shape index (κ2) is 8.04. The summed E-state index contributed by atoms with van der Waals surface area (Å²) in [6, 6.07) is 0.387. The van der Waals surface area contributed by atoms with E-state index >= 15 is 0 Å². The van der Waals surface area contributed by atoms with Gasteiger partial charge in [-0.05, 0) is 19.4 Å². The fraction of sp³-hybridized carbons (Fsp3) is 1.00. The molecule has 0 bridgehead atoms. The lowest BCUT2D eigenvalue weighted by atomic mass is 10.1. The van der Waals surface area contributed by atoms with Crippen molar-refractivity contribution in [2.45, 2.75) is 45.6 Å². The van der Waals surface area contributed by atoms with E-state index < -0.39 is 0 Å². The van der Waals surface area contributed by atoms with Gasteiger partial charge in [0.25, 0.3) is 0 Å². The summed E-state index contributed by atoms with van der Waals surface area (Å²) in [6.45, 7) is 11.7. The second-order valence-electron chi connectivity index (χ2n) is 5.04. The third-order valence-electron chi connectivity index (χ3n) is 3.43. The summed E-state index contributed by atoms with van der Waals surface area (Å²) in [7, 11) is 0. The van der Waals surface area contributed by atoms with Crippen LogP contribution in [0.15, 0.2) is 0 Å². The van der Waals surface area contributed by atoms with E-state index in [1.54, 1.807) is 0 Å². The second-order valence-corrected chi connectivity index (χ2v) is 5.04. The Morgan fingerprint density at radius 1 is 1.00 bits per heavy atom. The van der Waals surface area contributed by atoms with Crippen molar-refractivity contribution < 1.29 is 0 Å². The zero-order valence-corrected chi connectivity index (χ0v) is 11.1. The van der Waals surface area contributed by atoms with Gasteiger partial charge in [0.1, 0.15) is 0 Å². The van der Waals surface area contributed by atoms with Crippen molar-refractivity contribution in [1.82, 2.24) is 9.80 Å².